The van der Waals surface area contributed by atoms with Gasteiger partial charge in [0.15, 0.2) is 0 Å². The first-order chi connectivity index (χ1) is 10.7. The van der Waals surface area contributed by atoms with Crippen LogP contribution >= 0.6 is 0 Å². The van der Waals surface area contributed by atoms with Gasteiger partial charge in [0.1, 0.15) is 0 Å². The van der Waals surface area contributed by atoms with Crippen LogP contribution in [-0.4, -0.2) is 19.0 Å². The van der Waals surface area contributed by atoms with E-state index >= 15 is 0 Å². The van der Waals surface area contributed by atoms with E-state index in [0.29, 0.717) is 16.8 Å². The number of carbonyl (C=O) groups is 1. The molecule has 0 heterocycles. The number of hydrogen-bond donors (Lipinski definition) is 1. The summed E-state index contributed by atoms with van der Waals surface area (Å²) in [6, 6.07) is 16.5. The number of benzene rings is 2. The third-order valence-corrected chi connectivity index (χ3v) is 3.51. The third kappa shape index (κ3) is 3.64. The summed E-state index contributed by atoms with van der Waals surface area (Å²) >= 11 is 0. The van der Waals surface area contributed by atoms with Crippen molar-refractivity contribution in [1.29, 1.82) is 5.26 Å². The number of nitrogens with one attached hydrogen (secondary N) is 1. The highest BCUT2D eigenvalue weighted by Crippen LogP contribution is 2.16. The molecule has 2 aromatic rings. The number of rotatable bonds is 5. The van der Waals surface area contributed by atoms with Gasteiger partial charge in [-0.05, 0) is 56.3 Å². The van der Waals surface area contributed by atoms with Crippen molar-refractivity contribution in [2.24, 2.45) is 0 Å². The molecule has 0 saturated heterocycles. The minimum absolute atomic E-state index is 0.179. The van der Waals surface area contributed by atoms with Crippen molar-refractivity contribution in [2.75, 3.05) is 23.3 Å². The summed E-state index contributed by atoms with van der Waals surface area (Å²) in [4.78, 5) is 14.4. The molecule has 0 aromatic heterocycles. The molecule has 1 N–H and O–H groups in total. The molecule has 4 nitrogen and oxygen atoms in total. The van der Waals surface area contributed by atoms with E-state index in [4.69, 9.17) is 5.26 Å². The fraction of sp³-hybridized carbons (Fsp3) is 0.222. The summed E-state index contributed by atoms with van der Waals surface area (Å²) in [6.45, 7) is 6.07. The maximum absolute atomic E-state index is 12.2. The van der Waals surface area contributed by atoms with E-state index in [1.54, 1.807) is 24.3 Å². The maximum atomic E-state index is 12.2. The molecule has 1 amide bonds. The largest absolute Gasteiger partial charge is 0.372 e. The molecular weight excluding hydrogens is 274 g/mol. The lowest BCUT2D eigenvalue weighted by Crippen LogP contribution is -2.21. The van der Waals surface area contributed by atoms with E-state index < -0.39 is 0 Å². The molecule has 22 heavy (non-hydrogen) atoms. The Labute approximate surface area is 131 Å². The highest BCUT2D eigenvalue weighted by atomic mass is 16.1. The van der Waals surface area contributed by atoms with Gasteiger partial charge in [0.05, 0.1) is 11.6 Å². The molecule has 0 aliphatic rings. The van der Waals surface area contributed by atoms with Crippen molar-refractivity contribution in [1.82, 2.24) is 0 Å². The van der Waals surface area contributed by atoms with Crippen LogP contribution in [0.4, 0.5) is 11.4 Å². The van der Waals surface area contributed by atoms with E-state index in [9.17, 15) is 4.79 Å². The minimum Gasteiger partial charge on any atom is -0.372 e. The van der Waals surface area contributed by atoms with Gasteiger partial charge >= 0.3 is 0 Å². The number of hydrogen-bond acceptors (Lipinski definition) is 3. The standard InChI is InChI=1S/C18H19N3O/c1-3-21(4-2)17-10-8-15(9-11-17)18(22)20-16-7-5-6-14(12-16)13-19/h5-12H,3-4H2,1-2H3,(H,20,22). The van der Waals surface area contributed by atoms with E-state index in [1.165, 1.54) is 0 Å². The first-order valence-electron chi connectivity index (χ1n) is 7.34. The van der Waals surface area contributed by atoms with Gasteiger partial charge < -0.3 is 10.2 Å². The highest BCUT2D eigenvalue weighted by Gasteiger charge is 2.08. The minimum atomic E-state index is -0.179. The van der Waals surface area contributed by atoms with Crippen LogP contribution in [0.2, 0.25) is 0 Å². The second-order valence-electron chi connectivity index (χ2n) is 4.87. The molecule has 4 heteroatoms. The van der Waals surface area contributed by atoms with Crippen molar-refractivity contribution in [3.8, 4) is 6.07 Å². The number of nitrogens with zero attached hydrogens (tertiary/aromatic N) is 2. The molecule has 112 valence electrons. The fourth-order valence-corrected chi connectivity index (χ4v) is 2.28. The van der Waals surface area contributed by atoms with Crippen LogP contribution < -0.4 is 10.2 Å². The Kier molecular flexibility index (Phi) is 5.16. The second kappa shape index (κ2) is 7.28. The molecular formula is C18H19N3O. The van der Waals surface area contributed by atoms with Crippen LogP contribution in [0.1, 0.15) is 29.8 Å². The first kappa shape index (κ1) is 15.6. The Hall–Kier alpha value is -2.80. The summed E-state index contributed by atoms with van der Waals surface area (Å²) in [5.41, 5.74) is 2.85. The zero-order valence-corrected chi connectivity index (χ0v) is 12.8. The summed E-state index contributed by atoms with van der Waals surface area (Å²) < 4.78 is 0. The van der Waals surface area contributed by atoms with E-state index in [2.05, 4.69) is 30.1 Å². The Morgan fingerprint density at radius 3 is 2.41 bits per heavy atom. The van der Waals surface area contributed by atoms with Gasteiger partial charge in [0.2, 0.25) is 0 Å². The molecule has 0 saturated carbocycles. The number of anilines is 2. The number of carbonyl (C=O) groups excluding carboxylic acids is 1. The third-order valence-electron chi connectivity index (χ3n) is 3.51. The molecule has 2 aromatic carbocycles. The van der Waals surface area contributed by atoms with Gasteiger partial charge in [-0.15, -0.1) is 0 Å². The number of amides is 1. The second-order valence-corrected chi connectivity index (χ2v) is 4.87. The van der Waals surface area contributed by atoms with Gasteiger partial charge in [0.25, 0.3) is 5.91 Å². The van der Waals surface area contributed by atoms with Crippen LogP contribution in [0, 0.1) is 11.3 Å². The van der Waals surface area contributed by atoms with Gasteiger partial charge in [-0.3, -0.25) is 4.79 Å². The van der Waals surface area contributed by atoms with Crippen molar-refractivity contribution in [3.05, 3.63) is 59.7 Å². The van der Waals surface area contributed by atoms with Gasteiger partial charge in [-0.2, -0.15) is 5.26 Å². The molecule has 0 aliphatic carbocycles. The van der Waals surface area contributed by atoms with Crippen LogP contribution in [0.15, 0.2) is 48.5 Å². The molecule has 0 spiro atoms. The van der Waals surface area contributed by atoms with Gasteiger partial charge in [-0.1, -0.05) is 6.07 Å². The van der Waals surface area contributed by atoms with Crippen LogP contribution in [0.3, 0.4) is 0 Å². The Bertz CT molecular complexity index is 682. The molecule has 0 aliphatic heterocycles. The lowest BCUT2D eigenvalue weighted by atomic mass is 10.1. The zero-order chi connectivity index (χ0) is 15.9. The predicted molar refractivity (Wildman–Crippen MR) is 89.1 cm³/mol. The smallest absolute Gasteiger partial charge is 0.255 e. The average Bonchev–Trinajstić information content (AvgIpc) is 2.56. The highest BCUT2D eigenvalue weighted by molar-refractivity contribution is 6.04. The molecule has 0 atom stereocenters. The van der Waals surface area contributed by atoms with Crippen molar-refractivity contribution < 1.29 is 4.79 Å². The lowest BCUT2D eigenvalue weighted by molar-refractivity contribution is 0.102. The van der Waals surface area contributed by atoms with E-state index in [0.717, 1.165) is 18.8 Å². The SMILES string of the molecule is CCN(CC)c1ccc(C(=O)Nc2cccc(C#N)c2)cc1. The molecule has 0 bridgehead atoms. The maximum Gasteiger partial charge on any atom is 0.255 e. The average molecular weight is 293 g/mol. The summed E-state index contributed by atoms with van der Waals surface area (Å²) in [5, 5.41) is 11.7. The van der Waals surface area contributed by atoms with Crippen molar-refractivity contribution in [2.45, 2.75) is 13.8 Å². The zero-order valence-electron chi connectivity index (χ0n) is 12.8. The monoisotopic (exact) mass is 293 g/mol. The first-order valence-corrected chi connectivity index (χ1v) is 7.34. The van der Waals surface area contributed by atoms with Crippen molar-refractivity contribution in [3.63, 3.8) is 0 Å². The predicted octanol–water partition coefficient (Wildman–Crippen LogP) is 3.66. The topological polar surface area (TPSA) is 56.1 Å². The van der Waals surface area contributed by atoms with Gasteiger partial charge in [-0.25, -0.2) is 0 Å². The summed E-state index contributed by atoms with van der Waals surface area (Å²) in [7, 11) is 0. The summed E-state index contributed by atoms with van der Waals surface area (Å²) in [5.74, 6) is -0.179. The van der Waals surface area contributed by atoms with E-state index in [-0.39, 0.29) is 5.91 Å². The van der Waals surface area contributed by atoms with Crippen LogP contribution in [0.5, 0.6) is 0 Å². The molecule has 0 unspecified atom stereocenters. The Morgan fingerprint density at radius 2 is 1.82 bits per heavy atom. The quantitative estimate of drug-likeness (QED) is 0.915. The molecule has 0 fully saturated rings. The van der Waals surface area contributed by atoms with Crippen LogP contribution in [-0.2, 0) is 0 Å². The Morgan fingerprint density at radius 1 is 1.14 bits per heavy atom. The Balaban J connectivity index is 2.11. The summed E-state index contributed by atoms with van der Waals surface area (Å²) in [6.07, 6.45) is 0. The number of nitriles is 1. The fourth-order valence-electron chi connectivity index (χ4n) is 2.28. The molecule has 0 radical (unpaired) electrons. The van der Waals surface area contributed by atoms with E-state index in [1.807, 2.05) is 24.3 Å². The normalized spacial score (nSPS) is 9.86. The van der Waals surface area contributed by atoms with Gasteiger partial charge in [0, 0.05) is 30.0 Å². The van der Waals surface area contributed by atoms with Crippen molar-refractivity contribution >= 4 is 17.3 Å². The lowest BCUT2D eigenvalue weighted by Gasteiger charge is -2.21. The molecule has 2 rings (SSSR count). The van der Waals surface area contributed by atoms with Crippen LogP contribution in [0.25, 0.3) is 0 Å².